The highest BCUT2D eigenvalue weighted by Crippen LogP contribution is 2.41. The van der Waals surface area contributed by atoms with Crippen LogP contribution in [-0.4, -0.2) is 77.1 Å². The first-order valence-electron chi connectivity index (χ1n) is 12.2. The maximum atomic E-state index is 13.3. The molecule has 2 N–H and O–H groups in total. The number of methoxy groups -OCH3 is 1. The van der Waals surface area contributed by atoms with E-state index in [1.54, 1.807) is 24.8 Å². The summed E-state index contributed by atoms with van der Waals surface area (Å²) in [6.45, 7) is 5.05. The van der Waals surface area contributed by atoms with E-state index in [1.807, 2.05) is 23.1 Å². The molecule has 0 bridgehead atoms. The number of aryl methyl sites for hydroxylation is 1. The highest BCUT2D eigenvalue weighted by molar-refractivity contribution is 7.19. The van der Waals surface area contributed by atoms with Gasteiger partial charge >= 0.3 is 4.87 Å². The van der Waals surface area contributed by atoms with Crippen molar-refractivity contribution in [3.05, 3.63) is 44.6 Å². The molecule has 36 heavy (non-hydrogen) atoms. The van der Waals surface area contributed by atoms with Gasteiger partial charge in [0.1, 0.15) is 17.0 Å². The Hall–Kier alpha value is -2.86. The summed E-state index contributed by atoms with van der Waals surface area (Å²) in [4.78, 5) is 43.5. The average molecular weight is 525 g/mol. The average Bonchev–Trinajstić information content (AvgIpc) is 3.46. The van der Waals surface area contributed by atoms with E-state index in [4.69, 9.17) is 4.74 Å². The molecule has 0 spiro atoms. The Morgan fingerprint density at radius 2 is 2.08 bits per heavy atom. The number of anilines is 2. The third-order valence-corrected chi connectivity index (χ3v) is 9.18. The minimum atomic E-state index is -0.0597. The van der Waals surface area contributed by atoms with Crippen LogP contribution in [0.5, 0.6) is 0 Å². The summed E-state index contributed by atoms with van der Waals surface area (Å²) in [6, 6.07) is 5.82. The highest BCUT2D eigenvalue weighted by Gasteiger charge is 2.32. The van der Waals surface area contributed by atoms with Crippen LogP contribution in [0.3, 0.4) is 0 Å². The molecular formula is C25H28N6O3S2. The van der Waals surface area contributed by atoms with Crippen LogP contribution in [0.15, 0.2) is 29.3 Å². The molecule has 6 rings (SSSR count). The fraction of sp³-hybridized carbons (Fsp3) is 0.440. The number of thiophene rings is 1. The second-order valence-electron chi connectivity index (χ2n) is 9.36. The number of hydrogen-bond donors (Lipinski definition) is 2. The van der Waals surface area contributed by atoms with Gasteiger partial charge in [-0.1, -0.05) is 11.3 Å². The first-order valence-corrected chi connectivity index (χ1v) is 13.9. The molecule has 0 saturated carbocycles. The number of rotatable bonds is 6. The summed E-state index contributed by atoms with van der Waals surface area (Å²) < 4.78 is 6.09. The highest BCUT2D eigenvalue weighted by atomic mass is 32.1. The van der Waals surface area contributed by atoms with Crippen LogP contribution < -0.4 is 10.2 Å². The quantitative estimate of drug-likeness (QED) is 0.399. The Balaban J connectivity index is 1.19. The van der Waals surface area contributed by atoms with E-state index in [-0.39, 0.29) is 16.7 Å². The number of amides is 1. The summed E-state index contributed by atoms with van der Waals surface area (Å²) in [5, 5.41) is 4.50. The van der Waals surface area contributed by atoms with Crippen molar-refractivity contribution < 1.29 is 9.53 Å². The van der Waals surface area contributed by atoms with Gasteiger partial charge in [-0.2, -0.15) is 0 Å². The van der Waals surface area contributed by atoms with E-state index in [1.165, 1.54) is 21.8 Å². The number of ether oxygens (including phenoxy) is 1. The Morgan fingerprint density at radius 3 is 2.92 bits per heavy atom. The van der Waals surface area contributed by atoms with Gasteiger partial charge < -0.3 is 19.9 Å². The van der Waals surface area contributed by atoms with Crippen molar-refractivity contribution in [3.8, 4) is 0 Å². The molecule has 2 aliphatic rings. The van der Waals surface area contributed by atoms with Crippen LogP contribution in [0.1, 0.15) is 16.9 Å². The van der Waals surface area contributed by atoms with Crippen LogP contribution >= 0.6 is 22.7 Å². The summed E-state index contributed by atoms with van der Waals surface area (Å²) >= 11 is 2.88. The minimum Gasteiger partial charge on any atom is -0.383 e. The molecule has 1 amide bonds. The SMILES string of the molecule is COCCN1CCN(C(=O)[C@@H]2CCc3c(sc4ncnc(Nc5ccc6[nH]c(=O)sc6c5)c34)C2)CC1. The molecule has 0 radical (unpaired) electrons. The number of thiazole rings is 1. The van der Waals surface area contributed by atoms with Gasteiger partial charge in [0.25, 0.3) is 0 Å². The Morgan fingerprint density at radius 1 is 1.22 bits per heavy atom. The van der Waals surface area contributed by atoms with Crippen molar-refractivity contribution in [1.82, 2.24) is 24.8 Å². The number of carbonyl (C=O) groups is 1. The summed E-state index contributed by atoms with van der Waals surface area (Å²) in [5.74, 6) is 1.09. The largest absolute Gasteiger partial charge is 0.383 e. The van der Waals surface area contributed by atoms with E-state index >= 15 is 0 Å². The lowest BCUT2D eigenvalue weighted by Crippen LogP contribution is -2.51. The zero-order valence-electron chi connectivity index (χ0n) is 20.1. The Bertz CT molecular complexity index is 1470. The maximum absolute atomic E-state index is 13.3. The normalized spacial score (nSPS) is 18.6. The van der Waals surface area contributed by atoms with Crippen molar-refractivity contribution in [2.45, 2.75) is 19.3 Å². The lowest BCUT2D eigenvalue weighted by molar-refractivity contribution is -0.137. The molecule has 4 heterocycles. The standard InChI is InChI=1S/C25H28N6O3S2/c1-34-11-10-30-6-8-31(9-7-30)24(32)15-2-4-17-19(12-15)35-23-21(17)22(26-14-27-23)28-16-3-5-18-20(13-16)36-25(33)29-18/h3,5,13-15H,2,4,6-12H2,1H3,(H,29,33)(H,26,27,28)/t15-/m1/s1. The molecule has 1 saturated heterocycles. The van der Waals surface area contributed by atoms with Crippen LogP contribution in [0, 0.1) is 5.92 Å². The third kappa shape index (κ3) is 4.52. The second-order valence-corrected chi connectivity index (χ2v) is 11.5. The zero-order valence-corrected chi connectivity index (χ0v) is 21.7. The van der Waals surface area contributed by atoms with E-state index in [9.17, 15) is 9.59 Å². The molecule has 1 fully saturated rings. The van der Waals surface area contributed by atoms with Crippen molar-refractivity contribution in [2.24, 2.45) is 5.92 Å². The molecule has 11 heteroatoms. The lowest BCUT2D eigenvalue weighted by Gasteiger charge is -2.37. The number of nitrogens with one attached hydrogen (secondary N) is 2. The second kappa shape index (κ2) is 9.89. The molecule has 9 nitrogen and oxygen atoms in total. The molecule has 0 unspecified atom stereocenters. The van der Waals surface area contributed by atoms with E-state index < -0.39 is 0 Å². The molecule has 4 aromatic rings. The van der Waals surface area contributed by atoms with E-state index in [2.05, 4.69) is 25.2 Å². The number of fused-ring (bicyclic) bond motifs is 4. The van der Waals surface area contributed by atoms with E-state index in [0.717, 1.165) is 90.5 Å². The first kappa shape index (κ1) is 23.5. The number of nitrogens with zero attached hydrogens (tertiary/aromatic N) is 4. The first-order chi connectivity index (χ1) is 17.6. The smallest absolute Gasteiger partial charge is 0.305 e. The number of piperazine rings is 1. The minimum absolute atomic E-state index is 0.0271. The van der Waals surface area contributed by atoms with Gasteiger partial charge in [0.05, 0.1) is 22.2 Å². The monoisotopic (exact) mass is 524 g/mol. The van der Waals surface area contributed by atoms with Crippen LogP contribution in [0.4, 0.5) is 11.5 Å². The van der Waals surface area contributed by atoms with Gasteiger partial charge in [-0.05, 0) is 43.0 Å². The van der Waals surface area contributed by atoms with Gasteiger partial charge in [0.2, 0.25) is 5.91 Å². The predicted octanol–water partition coefficient (Wildman–Crippen LogP) is 3.23. The number of benzene rings is 1. The fourth-order valence-corrected chi connectivity index (χ4v) is 7.29. The number of aromatic nitrogens is 3. The van der Waals surface area contributed by atoms with Crippen molar-refractivity contribution in [3.63, 3.8) is 0 Å². The predicted molar refractivity (Wildman–Crippen MR) is 144 cm³/mol. The number of carbonyl (C=O) groups excluding carboxylic acids is 1. The molecule has 3 aromatic heterocycles. The van der Waals surface area contributed by atoms with Crippen molar-refractivity contribution in [2.75, 3.05) is 51.8 Å². The van der Waals surface area contributed by atoms with E-state index in [0.29, 0.717) is 0 Å². The zero-order chi connectivity index (χ0) is 24.6. The van der Waals surface area contributed by atoms with Gasteiger partial charge in [-0.3, -0.25) is 14.5 Å². The lowest BCUT2D eigenvalue weighted by atomic mass is 9.86. The number of H-pyrrole nitrogens is 1. The van der Waals surface area contributed by atoms with Crippen molar-refractivity contribution >= 4 is 60.5 Å². The Kier molecular flexibility index (Phi) is 6.46. The van der Waals surface area contributed by atoms with Crippen LogP contribution in [0.2, 0.25) is 0 Å². The third-order valence-electron chi connectivity index (χ3n) is 7.17. The molecule has 188 valence electrons. The molecule has 1 aromatic carbocycles. The molecule has 1 aliphatic carbocycles. The number of aromatic amines is 1. The maximum Gasteiger partial charge on any atom is 0.305 e. The van der Waals surface area contributed by atoms with Crippen LogP contribution in [-0.2, 0) is 22.4 Å². The van der Waals surface area contributed by atoms with Gasteiger partial charge in [0.15, 0.2) is 0 Å². The van der Waals surface area contributed by atoms with Crippen LogP contribution in [0.25, 0.3) is 20.4 Å². The summed E-state index contributed by atoms with van der Waals surface area (Å²) in [7, 11) is 1.72. The molecule has 1 aliphatic heterocycles. The van der Waals surface area contributed by atoms with Gasteiger partial charge in [-0.15, -0.1) is 11.3 Å². The number of hydrogen-bond acceptors (Lipinski definition) is 9. The van der Waals surface area contributed by atoms with Gasteiger partial charge in [0, 0.05) is 56.3 Å². The topological polar surface area (TPSA) is 103 Å². The molecular weight excluding hydrogens is 496 g/mol. The summed E-state index contributed by atoms with van der Waals surface area (Å²) in [6.07, 6.45) is 4.05. The Labute approximate surface area is 216 Å². The summed E-state index contributed by atoms with van der Waals surface area (Å²) in [5.41, 5.74) is 2.98. The fourth-order valence-electron chi connectivity index (χ4n) is 5.25. The molecule has 1 atom stereocenters. The van der Waals surface area contributed by atoms with Gasteiger partial charge in [-0.25, -0.2) is 9.97 Å². The van der Waals surface area contributed by atoms with Crippen molar-refractivity contribution in [1.29, 1.82) is 0 Å².